The fraction of sp³-hybridized carbons (Fsp3) is 0.250. The van der Waals surface area contributed by atoms with Crippen molar-refractivity contribution in [1.82, 2.24) is 0 Å². The predicted molar refractivity (Wildman–Crippen MR) is 112 cm³/mol. The number of aryl methyl sites for hydroxylation is 6. The molecule has 3 aromatic carbocycles. The van der Waals surface area contributed by atoms with Crippen molar-refractivity contribution < 1.29 is 17.4 Å². The van der Waals surface area contributed by atoms with E-state index in [-0.39, 0.29) is 17.4 Å². The third kappa shape index (κ3) is 4.21. The van der Waals surface area contributed by atoms with Crippen LogP contribution in [0, 0.1) is 41.5 Å². The summed E-state index contributed by atoms with van der Waals surface area (Å²) in [7, 11) is -1.02. The number of hydrogen-bond donors (Lipinski definition) is 0. The average molecular weight is 396 g/mol. The normalized spacial score (nSPS) is 10.7. The van der Waals surface area contributed by atoms with Gasteiger partial charge in [-0.2, -0.15) is 0 Å². The first-order valence-electron chi connectivity index (χ1n) is 8.96. The molecule has 0 aliphatic carbocycles. The molecule has 2 heteroatoms. The molecule has 3 aromatic rings. The van der Waals surface area contributed by atoms with Crippen molar-refractivity contribution in [2.24, 2.45) is 0 Å². The second-order valence-electron chi connectivity index (χ2n) is 7.33. The van der Waals surface area contributed by atoms with Crippen LogP contribution in [0.15, 0.2) is 54.6 Å². The van der Waals surface area contributed by atoms with Crippen LogP contribution in [0.3, 0.4) is 0 Å². The Bertz CT molecular complexity index is 805. The Kier molecular flexibility index (Phi) is 6.69. The maximum absolute atomic E-state index is 2.36. The largest absolute Gasteiger partial charge is 0.155 e. The van der Waals surface area contributed by atoms with E-state index in [0.717, 1.165) is 0 Å². The fourth-order valence-corrected chi connectivity index (χ4v) is 6.74. The molecular formula is C24H27CrSi. The SMILES string of the molecule is Cc1ccc([Si](c2ccc(C)cc2C)c2ccc(C)cc2C)c(C)c1.[Cr]. The molecule has 0 saturated carbocycles. The molecule has 0 atom stereocenters. The van der Waals surface area contributed by atoms with Gasteiger partial charge in [0.1, 0.15) is 0 Å². The van der Waals surface area contributed by atoms with Gasteiger partial charge in [0.25, 0.3) is 0 Å². The van der Waals surface area contributed by atoms with Crippen LogP contribution in [-0.2, 0) is 17.4 Å². The smallest absolute Gasteiger partial charge is 0.0619 e. The molecule has 0 aliphatic rings. The van der Waals surface area contributed by atoms with Gasteiger partial charge in [0.05, 0.1) is 0 Å². The topological polar surface area (TPSA) is 0 Å². The van der Waals surface area contributed by atoms with Crippen molar-refractivity contribution in [3.8, 4) is 0 Å². The van der Waals surface area contributed by atoms with Crippen molar-refractivity contribution in [2.75, 3.05) is 0 Å². The molecule has 1 radical (unpaired) electrons. The second kappa shape index (κ2) is 8.40. The summed E-state index contributed by atoms with van der Waals surface area (Å²) in [4.78, 5) is 0. The van der Waals surface area contributed by atoms with Gasteiger partial charge < -0.3 is 0 Å². The Morgan fingerprint density at radius 1 is 0.462 bits per heavy atom. The first-order valence-corrected chi connectivity index (χ1v) is 10.5. The molecule has 0 N–H and O–H groups in total. The Morgan fingerprint density at radius 3 is 0.962 bits per heavy atom. The van der Waals surface area contributed by atoms with Crippen LogP contribution in [-0.4, -0.2) is 8.80 Å². The van der Waals surface area contributed by atoms with Gasteiger partial charge in [0, 0.05) is 17.4 Å². The zero-order valence-corrected chi connectivity index (χ0v) is 18.9. The summed E-state index contributed by atoms with van der Waals surface area (Å²) < 4.78 is 0. The molecule has 0 spiro atoms. The molecule has 0 heterocycles. The summed E-state index contributed by atoms with van der Waals surface area (Å²) in [6.07, 6.45) is 0. The molecule has 0 bridgehead atoms. The standard InChI is InChI=1S/C24H27Si.Cr/c1-16-7-10-22(19(4)13-16)25(23-11-8-17(2)14-20(23)5)24-12-9-18(3)15-21(24)6;/h7-15H,1-6H3;. The fourth-order valence-electron chi connectivity index (χ4n) is 3.72. The molecule has 3 rings (SSSR count). The van der Waals surface area contributed by atoms with Crippen LogP contribution >= 0.6 is 0 Å². The quantitative estimate of drug-likeness (QED) is 0.464. The van der Waals surface area contributed by atoms with Crippen LogP contribution in [0.1, 0.15) is 33.4 Å². The van der Waals surface area contributed by atoms with E-state index >= 15 is 0 Å². The van der Waals surface area contributed by atoms with Gasteiger partial charge in [-0.05, 0) is 57.1 Å². The van der Waals surface area contributed by atoms with E-state index in [1.54, 1.807) is 0 Å². The van der Waals surface area contributed by atoms with Crippen molar-refractivity contribution in [2.45, 2.75) is 41.5 Å². The summed E-state index contributed by atoms with van der Waals surface area (Å²) in [5, 5.41) is 4.53. The molecule has 0 unspecified atom stereocenters. The van der Waals surface area contributed by atoms with Gasteiger partial charge >= 0.3 is 0 Å². The van der Waals surface area contributed by atoms with Crippen LogP contribution in [0.5, 0.6) is 0 Å². The van der Waals surface area contributed by atoms with Gasteiger partial charge in [0.2, 0.25) is 0 Å². The van der Waals surface area contributed by atoms with Crippen LogP contribution in [0.25, 0.3) is 0 Å². The molecule has 0 aliphatic heterocycles. The van der Waals surface area contributed by atoms with E-state index in [9.17, 15) is 0 Å². The van der Waals surface area contributed by atoms with Gasteiger partial charge in [-0.3, -0.25) is 0 Å². The van der Waals surface area contributed by atoms with Gasteiger partial charge in [-0.15, -0.1) is 0 Å². The molecule has 26 heavy (non-hydrogen) atoms. The summed E-state index contributed by atoms with van der Waals surface area (Å²) in [5.41, 5.74) is 8.24. The van der Waals surface area contributed by atoms with Gasteiger partial charge in [-0.25, -0.2) is 0 Å². The molecule has 133 valence electrons. The zero-order valence-electron chi connectivity index (χ0n) is 16.6. The van der Waals surface area contributed by atoms with Crippen molar-refractivity contribution >= 4 is 24.4 Å². The van der Waals surface area contributed by atoms with Gasteiger partial charge in [0.15, 0.2) is 8.80 Å². The summed E-state index contributed by atoms with van der Waals surface area (Å²) in [6, 6.07) is 20.8. The minimum atomic E-state index is -1.02. The minimum absolute atomic E-state index is 0. The monoisotopic (exact) mass is 395 g/mol. The Morgan fingerprint density at radius 2 is 0.731 bits per heavy atom. The van der Waals surface area contributed by atoms with Crippen LogP contribution < -0.4 is 15.6 Å². The van der Waals surface area contributed by atoms with Crippen molar-refractivity contribution in [3.63, 3.8) is 0 Å². The van der Waals surface area contributed by atoms with E-state index in [0.29, 0.717) is 0 Å². The van der Waals surface area contributed by atoms with E-state index in [1.165, 1.54) is 48.9 Å². The molecular weight excluding hydrogens is 368 g/mol. The van der Waals surface area contributed by atoms with E-state index in [1.807, 2.05) is 0 Å². The second-order valence-corrected chi connectivity index (χ2v) is 9.70. The van der Waals surface area contributed by atoms with E-state index in [4.69, 9.17) is 0 Å². The van der Waals surface area contributed by atoms with E-state index < -0.39 is 8.80 Å². The Hall–Kier alpha value is -1.59. The summed E-state index contributed by atoms with van der Waals surface area (Å²) in [5.74, 6) is 0. The number of rotatable bonds is 3. The molecule has 0 amide bonds. The number of hydrogen-bond acceptors (Lipinski definition) is 0. The van der Waals surface area contributed by atoms with Crippen molar-refractivity contribution in [3.05, 3.63) is 88.0 Å². The van der Waals surface area contributed by atoms with Crippen LogP contribution in [0.4, 0.5) is 0 Å². The van der Waals surface area contributed by atoms with Crippen LogP contribution in [0.2, 0.25) is 0 Å². The first kappa shape index (κ1) is 20.7. The molecule has 0 fully saturated rings. The average Bonchev–Trinajstić information content (AvgIpc) is 2.52. The number of benzene rings is 3. The summed E-state index contributed by atoms with van der Waals surface area (Å²) in [6.45, 7) is 13.3. The van der Waals surface area contributed by atoms with Crippen molar-refractivity contribution in [1.29, 1.82) is 0 Å². The molecule has 0 aromatic heterocycles. The third-order valence-corrected chi connectivity index (χ3v) is 8.25. The molecule has 0 saturated heterocycles. The summed E-state index contributed by atoms with van der Waals surface area (Å²) >= 11 is 0. The Balaban J connectivity index is 0.00000243. The minimum Gasteiger partial charge on any atom is -0.0619 e. The zero-order chi connectivity index (χ0) is 18.1. The van der Waals surface area contributed by atoms with E-state index in [2.05, 4.69) is 96.1 Å². The maximum Gasteiger partial charge on any atom is 0.155 e. The third-order valence-electron chi connectivity index (χ3n) is 4.95. The predicted octanol–water partition coefficient (Wildman–Crippen LogP) is 4.05. The first-order chi connectivity index (χ1) is 11.9. The Labute approximate surface area is 171 Å². The molecule has 0 nitrogen and oxygen atoms in total. The van der Waals surface area contributed by atoms with Gasteiger partial charge in [-0.1, -0.05) is 88.0 Å². The maximum atomic E-state index is 2.36.